The van der Waals surface area contributed by atoms with Crippen molar-refractivity contribution < 1.29 is 28.5 Å². The van der Waals surface area contributed by atoms with Crippen LogP contribution in [-0.4, -0.2) is 52.2 Å². The Morgan fingerprint density at radius 1 is 0.824 bits per heavy atom. The van der Waals surface area contributed by atoms with Crippen LogP contribution in [0.2, 0.25) is 0 Å². The summed E-state index contributed by atoms with van der Waals surface area (Å²) < 4.78 is 28.4. The van der Waals surface area contributed by atoms with Crippen LogP contribution in [0, 0.1) is 5.41 Å². The molecular weight excluding hydrogens is 432 g/mol. The molecule has 2 saturated heterocycles. The lowest BCUT2D eigenvalue weighted by atomic mass is 9.76. The van der Waals surface area contributed by atoms with Gasteiger partial charge in [-0.25, -0.2) is 0 Å². The number of benzene rings is 3. The van der Waals surface area contributed by atoms with E-state index in [0.29, 0.717) is 52.7 Å². The maximum Gasteiger partial charge on any atom is 0.306 e. The van der Waals surface area contributed by atoms with Gasteiger partial charge in [-0.3, -0.25) is 4.79 Å². The van der Waals surface area contributed by atoms with E-state index >= 15 is 0 Å². The number of rotatable bonds is 10. The maximum absolute atomic E-state index is 12.0. The summed E-state index contributed by atoms with van der Waals surface area (Å²) in [6.45, 7) is 5.52. The van der Waals surface area contributed by atoms with Crippen LogP contribution in [-0.2, 0) is 24.4 Å². The molecule has 2 aliphatic rings. The van der Waals surface area contributed by atoms with Crippen LogP contribution in [0.25, 0.3) is 10.8 Å². The molecule has 0 bridgehead atoms. The van der Waals surface area contributed by atoms with Crippen molar-refractivity contribution in [3.05, 3.63) is 72.3 Å². The first-order valence-electron chi connectivity index (χ1n) is 11.8. The van der Waals surface area contributed by atoms with Gasteiger partial charge in [-0.15, -0.1) is 0 Å². The van der Waals surface area contributed by atoms with E-state index in [9.17, 15) is 4.79 Å². The minimum atomic E-state index is -0.304. The van der Waals surface area contributed by atoms with Gasteiger partial charge in [-0.05, 0) is 47.5 Å². The Morgan fingerprint density at radius 3 is 2.09 bits per heavy atom. The van der Waals surface area contributed by atoms with Gasteiger partial charge in [0, 0.05) is 0 Å². The second kappa shape index (κ2) is 9.65. The van der Waals surface area contributed by atoms with Crippen LogP contribution in [0.5, 0.6) is 11.5 Å². The maximum atomic E-state index is 12.0. The second-order valence-corrected chi connectivity index (χ2v) is 9.36. The van der Waals surface area contributed by atoms with Crippen molar-refractivity contribution in [1.29, 1.82) is 0 Å². The molecule has 0 amide bonds. The molecule has 34 heavy (non-hydrogen) atoms. The Kier molecular flexibility index (Phi) is 6.44. The summed E-state index contributed by atoms with van der Waals surface area (Å²) in [6, 6.07) is 22.4. The molecule has 0 atom stereocenters. The summed E-state index contributed by atoms with van der Waals surface area (Å²) >= 11 is 0. The molecule has 3 aromatic rings. The molecule has 0 unspecified atom stereocenters. The van der Waals surface area contributed by atoms with E-state index in [-0.39, 0.29) is 16.8 Å². The summed E-state index contributed by atoms with van der Waals surface area (Å²) in [7, 11) is 0. The molecule has 3 aromatic carbocycles. The quantitative estimate of drug-likeness (QED) is 0.413. The van der Waals surface area contributed by atoms with Crippen LogP contribution < -0.4 is 9.47 Å². The molecule has 0 aliphatic carbocycles. The van der Waals surface area contributed by atoms with E-state index in [1.165, 1.54) is 5.39 Å². The van der Waals surface area contributed by atoms with E-state index in [1.807, 2.05) is 49.4 Å². The van der Waals surface area contributed by atoms with Crippen LogP contribution in [0.1, 0.15) is 18.9 Å². The number of carbonyl (C=O) groups is 1. The fourth-order valence-electron chi connectivity index (χ4n) is 4.44. The average Bonchev–Trinajstić information content (AvgIpc) is 2.81. The zero-order chi connectivity index (χ0) is 23.4. The molecule has 6 nitrogen and oxygen atoms in total. The predicted molar refractivity (Wildman–Crippen MR) is 128 cm³/mol. The second-order valence-electron chi connectivity index (χ2n) is 9.36. The summed E-state index contributed by atoms with van der Waals surface area (Å²) in [5.41, 5.74) is 0.596. The van der Waals surface area contributed by atoms with Gasteiger partial charge in [-0.2, -0.15) is 0 Å². The molecule has 2 fully saturated rings. The Bertz CT molecular complexity index is 1130. The largest absolute Gasteiger partial charge is 0.493 e. The Hall–Kier alpha value is -3.09. The molecule has 6 heteroatoms. The van der Waals surface area contributed by atoms with Crippen LogP contribution in [0.4, 0.5) is 0 Å². The van der Waals surface area contributed by atoms with Crippen molar-refractivity contribution in [2.45, 2.75) is 18.8 Å². The Balaban J connectivity index is 1.18. The van der Waals surface area contributed by atoms with Gasteiger partial charge in [0.2, 0.25) is 0 Å². The fraction of sp³-hybridized carbons (Fsp3) is 0.393. The van der Waals surface area contributed by atoms with Gasteiger partial charge in [0.25, 0.3) is 0 Å². The third-order valence-electron chi connectivity index (χ3n) is 6.64. The standard InChI is InChI=1S/C28H30O6/c1-2-32-26(29)14-28(19-31-20-28)23-8-11-24(12-9-23)33-17-27(15-30-16-27)18-34-25-10-7-21-5-3-4-6-22(21)13-25/h3-13H,2,14-20H2,1H3. The third kappa shape index (κ3) is 4.74. The highest BCUT2D eigenvalue weighted by atomic mass is 16.5. The Labute approximate surface area is 199 Å². The summed E-state index contributed by atoms with van der Waals surface area (Å²) in [5.74, 6) is 1.45. The minimum absolute atomic E-state index is 0.169. The van der Waals surface area contributed by atoms with Gasteiger partial charge in [0.1, 0.15) is 24.7 Å². The van der Waals surface area contributed by atoms with Crippen molar-refractivity contribution >= 4 is 16.7 Å². The number of hydrogen-bond donors (Lipinski definition) is 0. The molecule has 0 saturated carbocycles. The first-order valence-corrected chi connectivity index (χ1v) is 11.8. The zero-order valence-corrected chi connectivity index (χ0v) is 19.5. The fourth-order valence-corrected chi connectivity index (χ4v) is 4.44. The number of hydrogen-bond acceptors (Lipinski definition) is 6. The van der Waals surface area contributed by atoms with Gasteiger partial charge in [-0.1, -0.05) is 42.5 Å². The number of carbonyl (C=O) groups excluding carboxylic acids is 1. The third-order valence-corrected chi connectivity index (χ3v) is 6.64. The molecule has 178 valence electrons. The van der Waals surface area contributed by atoms with E-state index in [2.05, 4.69) is 24.3 Å². The molecular formula is C28H30O6. The van der Waals surface area contributed by atoms with Crippen LogP contribution in [0.15, 0.2) is 66.7 Å². The molecule has 2 heterocycles. The Morgan fingerprint density at radius 2 is 1.47 bits per heavy atom. The minimum Gasteiger partial charge on any atom is -0.493 e. The lowest BCUT2D eigenvalue weighted by Crippen LogP contribution is -2.51. The number of ether oxygens (including phenoxy) is 5. The summed E-state index contributed by atoms with van der Waals surface area (Å²) in [5, 5.41) is 2.36. The van der Waals surface area contributed by atoms with Crippen LogP contribution in [0.3, 0.4) is 0 Å². The highest BCUT2D eigenvalue weighted by Crippen LogP contribution is 2.37. The molecule has 0 radical (unpaired) electrons. The van der Waals surface area contributed by atoms with E-state index < -0.39 is 0 Å². The first kappa shape index (κ1) is 22.7. The monoisotopic (exact) mass is 462 g/mol. The molecule has 5 rings (SSSR count). The predicted octanol–water partition coefficient (Wildman–Crippen LogP) is 4.54. The highest BCUT2D eigenvalue weighted by molar-refractivity contribution is 5.83. The van der Waals surface area contributed by atoms with Crippen molar-refractivity contribution in [2.24, 2.45) is 5.41 Å². The molecule has 0 spiro atoms. The smallest absolute Gasteiger partial charge is 0.306 e. The van der Waals surface area contributed by atoms with Gasteiger partial charge in [0.05, 0.1) is 50.3 Å². The molecule has 0 N–H and O–H groups in total. The normalized spacial score (nSPS) is 17.9. The molecule has 2 aliphatic heterocycles. The first-order chi connectivity index (χ1) is 16.6. The van der Waals surface area contributed by atoms with Crippen molar-refractivity contribution in [1.82, 2.24) is 0 Å². The lowest BCUT2D eigenvalue weighted by Gasteiger charge is -2.41. The van der Waals surface area contributed by atoms with Gasteiger partial charge >= 0.3 is 5.97 Å². The topological polar surface area (TPSA) is 63.2 Å². The van der Waals surface area contributed by atoms with Gasteiger partial charge < -0.3 is 23.7 Å². The van der Waals surface area contributed by atoms with Crippen molar-refractivity contribution in [3.8, 4) is 11.5 Å². The summed E-state index contributed by atoms with van der Waals surface area (Å²) in [4.78, 5) is 12.0. The SMILES string of the molecule is CCOC(=O)CC1(c2ccc(OCC3(COc4ccc5ccccc5c4)COC3)cc2)COC1. The highest BCUT2D eigenvalue weighted by Gasteiger charge is 2.43. The van der Waals surface area contributed by atoms with Crippen LogP contribution >= 0.6 is 0 Å². The lowest BCUT2D eigenvalue weighted by molar-refractivity contribution is -0.151. The number of fused-ring (bicyclic) bond motifs is 1. The number of esters is 1. The van der Waals surface area contributed by atoms with Gasteiger partial charge in [0.15, 0.2) is 0 Å². The van der Waals surface area contributed by atoms with E-state index in [4.69, 9.17) is 23.7 Å². The summed E-state index contributed by atoms with van der Waals surface area (Å²) in [6.07, 6.45) is 0.327. The van der Waals surface area contributed by atoms with E-state index in [1.54, 1.807) is 0 Å². The molecule has 0 aromatic heterocycles. The van der Waals surface area contributed by atoms with E-state index in [0.717, 1.165) is 22.4 Å². The van der Waals surface area contributed by atoms with Crippen molar-refractivity contribution in [3.63, 3.8) is 0 Å². The van der Waals surface area contributed by atoms with Crippen molar-refractivity contribution in [2.75, 3.05) is 46.2 Å². The zero-order valence-electron chi connectivity index (χ0n) is 19.5. The average molecular weight is 463 g/mol.